The average Bonchev–Trinajstić information content (AvgIpc) is 2.35. The van der Waals surface area contributed by atoms with E-state index in [9.17, 15) is 9.32 Å². The van der Waals surface area contributed by atoms with Gasteiger partial charge in [-0.1, -0.05) is 6.08 Å². The van der Waals surface area contributed by atoms with Crippen LogP contribution in [-0.4, -0.2) is 19.7 Å². The van der Waals surface area contributed by atoms with E-state index < -0.39 is 11.0 Å². The van der Waals surface area contributed by atoms with Crippen LogP contribution in [0.4, 0.5) is 0 Å². The van der Waals surface area contributed by atoms with Gasteiger partial charge in [0.2, 0.25) is 0 Å². The van der Waals surface area contributed by atoms with E-state index >= 15 is 0 Å². The molecule has 0 fully saturated rings. The van der Waals surface area contributed by atoms with Crippen molar-refractivity contribution in [2.75, 3.05) is 0 Å². The molecule has 22 heavy (non-hydrogen) atoms. The first-order valence-corrected chi connectivity index (χ1v) is 8.58. The van der Waals surface area contributed by atoms with Gasteiger partial charge in [-0.05, 0) is 53.7 Å². The van der Waals surface area contributed by atoms with Gasteiger partial charge >= 0.3 is 0 Å². The maximum absolute atomic E-state index is 12.2. The summed E-state index contributed by atoms with van der Waals surface area (Å²) in [6, 6.07) is 3.29. The Labute approximate surface area is 135 Å². The molecule has 1 aliphatic heterocycles. The van der Waals surface area contributed by atoms with Gasteiger partial charge in [0.1, 0.15) is 17.1 Å². The van der Waals surface area contributed by atoms with Gasteiger partial charge < -0.3 is 9.84 Å². The summed E-state index contributed by atoms with van der Waals surface area (Å²) in [6.45, 7) is 11.6. The molecule has 2 rings (SSSR count). The molecule has 1 heterocycles. The number of fused-ring (bicyclic) bond motifs is 1. The Morgan fingerprint density at radius 3 is 2.55 bits per heavy atom. The van der Waals surface area contributed by atoms with Gasteiger partial charge in [0.25, 0.3) is 0 Å². The van der Waals surface area contributed by atoms with Crippen molar-refractivity contribution in [3.05, 3.63) is 29.3 Å². The molecule has 0 amide bonds. The lowest BCUT2D eigenvalue weighted by Gasteiger charge is -2.29. The molecule has 5 heteroatoms. The summed E-state index contributed by atoms with van der Waals surface area (Å²) in [6.07, 6.45) is 3.98. The molecule has 0 aromatic heterocycles. The van der Waals surface area contributed by atoms with E-state index in [-0.39, 0.29) is 22.1 Å². The third-order valence-corrected chi connectivity index (χ3v) is 5.18. The smallest absolute Gasteiger partial charge is 0.131 e. The highest BCUT2D eigenvalue weighted by atomic mass is 32.2. The molecule has 1 aliphatic rings. The zero-order chi connectivity index (χ0) is 16.7. The summed E-state index contributed by atoms with van der Waals surface area (Å²) in [5.74, 6) is 0.814. The standard InChI is InChI=1S/C17H25NO3S/c1-11(18-22(20)16(2,3)4)13-9-12-7-8-17(5,6)21-15(12)10-14(13)19/h7-11,18-19H,1-6H3/t11-,22+/m1/s1. The summed E-state index contributed by atoms with van der Waals surface area (Å²) in [5.41, 5.74) is 1.25. The highest BCUT2D eigenvalue weighted by molar-refractivity contribution is 7.84. The van der Waals surface area contributed by atoms with E-state index in [1.165, 1.54) is 0 Å². The molecule has 0 saturated carbocycles. The van der Waals surface area contributed by atoms with Crippen molar-refractivity contribution in [3.8, 4) is 11.5 Å². The third-order valence-electron chi connectivity index (χ3n) is 3.50. The van der Waals surface area contributed by atoms with Crippen LogP contribution in [0.2, 0.25) is 0 Å². The molecule has 0 saturated heterocycles. The van der Waals surface area contributed by atoms with Gasteiger partial charge in [0.05, 0.1) is 15.7 Å². The van der Waals surface area contributed by atoms with E-state index in [1.54, 1.807) is 6.07 Å². The Hall–Kier alpha value is -1.33. The van der Waals surface area contributed by atoms with E-state index in [1.807, 2.05) is 59.8 Å². The molecular formula is C17H25NO3S. The number of hydrogen-bond donors (Lipinski definition) is 2. The minimum Gasteiger partial charge on any atom is -0.507 e. The monoisotopic (exact) mass is 323 g/mol. The fourth-order valence-corrected chi connectivity index (χ4v) is 2.98. The maximum Gasteiger partial charge on any atom is 0.131 e. The predicted octanol–water partition coefficient (Wildman–Crippen LogP) is 3.69. The first kappa shape index (κ1) is 17.0. The van der Waals surface area contributed by atoms with Crippen molar-refractivity contribution >= 4 is 17.1 Å². The van der Waals surface area contributed by atoms with Crippen LogP contribution < -0.4 is 9.46 Å². The van der Waals surface area contributed by atoms with Crippen LogP contribution in [-0.2, 0) is 11.0 Å². The lowest BCUT2D eigenvalue weighted by Crippen LogP contribution is -2.35. The summed E-state index contributed by atoms with van der Waals surface area (Å²) in [7, 11) is -1.20. The first-order valence-electron chi connectivity index (χ1n) is 7.43. The van der Waals surface area contributed by atoms with Gasteiger partial charge in [-0.15, -0.1) is 0 Å². The number of aromatic hydroxyl groups is 1. The van der Waals surface area contributed by atoms with E-state index in [4.69, 9.17) is 4.74 Å². The summed E-state index contributed by atoms with van der Waals surface area (Å²) in [5, 5.41) is 10.3. The Kier molecular flexibility index (Phi) is 4.42. The highest BCUT2D eigenvalue weighted by Crippen LogP contribution is 2.37. The number of hydrogen-bond acceptors (Lipinski definition) is 3. The lowest BCUT2D eigenvalue weighted by molar-refractivity contribution is 0.158. The first-order chi connectivity index (χ1) is 9.99. The summed E-state index contributed by atoms with van der Waals surface area (Å²) >= 11 is 0. The Morgan fingerprint density at radius 1 is 1.32 bits per heavy atom. The largest absolute Gasteiger partial charge is 0.507 e. The van der Waals surface area contributed by atoms with E-state index in [2.05, 4.69) is 4.72 Å². The lowest BCUT2D eigenvalue weighted by atomic mass is 9.98. The molecule has 122 valence electrons. The highest BCUT2D eigenvalue weighted by Gasteiger charge is 2.26. The van der Waals surface area contributed by atoms with Crippen LogP contribution in [0.5, 0.6) is 11.5 Å². The molecule has 2 N–H and O–H groups in total. The van der Waals surface area contributed by atoms with Gasteiger partial charge in [0.15, 0.2) is 0 Å². The Morgan fingerprint density at radius 2 is 1.95 bits per heavy atom. The molecule has 0 bridgehead atoms. The zero-order valence-corrected chi connectivity index (χ0v) is 14.9. The van der Waals surface area contributed by atoms with E-state index in [0.29, 0.717) is 11.3 Å². The average molecular weight is 323 g/mol. The molecule has 1 aromatic rings. The van der Waals surface area contributed by atoms with Crippen LogP contribution >= 0.6 is 0 Å². The number of phenolic OH excluding ortho intramolecular Hbond substituents is 1. The van der Waals surface area contributed by atoms with Crippen LogP contribution in [0.1, 0.15) is 58.7 Å². The zero-order valence-electron chi connectivity index (χ0n) is 14.1. The van der Waals surface area contributed by atoms with E-state index in [0.717, 1.165) is 5.56 Å². The second-order valence-electron chi connectivity index (χ2n) is 7.21. The minimum atomic E-state index is -1.20. The number of benzene rings is 1. The van der Waals surface area contributed by atoms with Crippen molar-refractivity contribution in [1.29, 1.82) is 0 Å². The fraction of sp³-hybridized carbons (Fsp3) is 0.529. The number of ether oxygens (including phenoxy) is 1. The van der Waals surface area contributed by atoms with Gasteiger partial charge in [0, 0.05) is 23.2 Å². The van der Waals surface area contributed by atoms with Crippen molar-refractivity contribution in [3.63, 3.8) is 0 Å². The quantitative estimate of drug-likeness (QED) is 0.892. The molecule has 0 unspecified atom stereocenters. The van der Waals surface area contributed by atoms with Crippen molar-refractivity contribution in [2.45, 2.75) is 57.9 Å². The topological polar surface area (TPSA) is 58.6 Å². The fourth-order valence-electron chi connectivity index (χ4n) is 2.18. The molecule has 0 spiro atoms. The van der Waals surface area contributed by atoms with Gasteiger partial charge in [-0.2, -0.15) is 0 Å². The number of nitrogens with one attached hydrogen (secondary N) is 1. The third kappa shape index (κ3) is 3.70. The van der Waals surface area contributed by atoms with Crippen molar-refractivity contribution in [1.82, 2.24) is 4.72 Å². The van der Waals surface area contributed by atoms with Crippen LogP contribution in [0.15, 0.2) is 18.2 Å². The van der Waals surface area contributed by atoms with Gasteiger partial charge in [-0.3, -0.25) is 0 Å². The predicted molar refractivity (Wildman–Crippen MR) is 91.3 cm³/mol. The van der Waals surface area contributed by atoms with Crippen LogP contribution in [0.3, 0.4) is 0 Å². The summed E-state index contributed by atoms with van der Waals surface area (Å²) < 4.78 is 20.7. The molecule has 0 radical (unpaired) electrons. The van der Waals surface area contributed by atoms with Crippen molar-refractivity contribution in [2.24, 2.45) is 0 Å². The van der Waals surface area contributed by atoms with Crippen molar-refractivity contribution < 1.29 is 14.1 Å². The van der Waals surface area contributed by atoms with Gasteiger partial charge in [-0.25, -0.2) is 8.93 Å². The molecule has 2 atom stereocenters. The molecular weight excluding hydrogens is 298 g/mol. The molecule has 0 aliphatic carbocycles. The maximum atomic E-state index is 12.2. The SMILES string of the molecule is C[C@@H](N[S@@](=O)C(C)(C)C)c1cc2c(cc1O)OC(C)(C)C=C2. The second kappa shape index (κ2) is 5.70. The second-order valence-corrected chi connectivity index (χ2v) is 9.21. The minimum absolute atomic E-state index is 0.149. The Balaban J connectivity index is 2.28. The number of rotatable bonds is 3. The normalized spacial score (nSPS) is 19.2. The summed E-state index contributed by atoms with van der Waals surface area (Å²) in [4.78, 5) is 0. The molecule has 1 aromatic carbocycles. The van der Waals surface area contributed by atoms with Crippen LogP contribution in [0.25, 0.3) is 6.08 Å². The molecule has 4 nitrogen and oxygen atoms in total. The van der Waals surface area contributed by atoms with Crippen LogP contribution in [0, 0.1) is 0 Å². The Bertz CT molecular complexity index is 630. The number of phenols is 1.